The second-order valence-corrected chi connectivity index (χ2v) is 6.58. The summed E-state index contributed by atoms with van der Waals surface area (Å²) in [4.78, 5) is 16.1. The first kappa shape index (κ1) is 14.3. The molecule has 2 atom stereocenters. The number of nitrogen functional groups attached to an aromatic ring is 1. The van der Waals surface area contributed by atoms with Crippen LogP contribution in [-0.4, -0.2) is 46.4 Å². The molecule has 0 aromatic carbocycles. The number of nitrogens with two attached hydrogens (primary N) is 1. The summed E-state index contributed by atoms with van der Waals surface area (Å²) >= 11 is 1.41. The lowest BCUT2D eigenvalue weighted by atomic mass is 10.1. The zero-order valence-electron chi connectivity index (χ0n) is 12.7. The van der Waals surface area contributed by atoms with Gasteiger partial charge in [-0.05, 0) is 20.3 Å². The van der Waals surface area contributed by atoms with E-state index in [-0.39, 0.29) is 18.1 Å². The maximum absolute atomic E-state index is 12.8. The van der Waals surface area contributed by atoms with Crippen molar-refractivity contribution in [2.45, 2.75) is 32.4 Å². The molecule has 1 amide bonds. The van der Waals surface area contributed by atoms with Gasteiger partial charge < -0.3 is 15.4 Å². The van der Waals surface area contributed by atoms with Crippen LogP contribution in [-0.2, 0) is 11.8 Å². The van der Waals surface area contributed by atoms with Crippen molar-refractivity contribution < 1.29 is 9.53 Å². The number of aryl methyl sites for hydroxylation is 2. The Hall–Kier alpha value is -1.60. The van der Waals surface area contributed by atoms with Gasteiger partial charge in [-0.2, -0.15) is 5.10 Å². The number of anilines is 1. The molecule has 1 saturated heterocycles. The minimum Gasteiger partial charge on any atom is -0.397 e. The molecule has 2 aromatic heterocycles. The van der Waals surface area contributed by atoms with Crippen molar-refractivity contribution in [3.05, 3.63) is 10.6 Å². The van der Waals surface area contributed by atoms with Gasteiger partial charge in [0.1, 0.15) is 9.71 Å². The molecule has 7 heteroatoms. The topological polar surface area (TPSA) is 73.4 Å². The molecule has 0 spiro atoms. The maximum atomic E-state index is 12.8. The standard InChI is InChI=1S/C14H20N4O2S/c1-7-10-11(15)12(21-14(10)18(4)16-7)13(19)17(3)9-5-6-20-8(9)2/h8-9H,5-6,15H2,1-4H3. The summed E-state index contributed by atoms with van der Waals surface area (Å²) in [5.41, 5.74) is 7.61. The van der Waals surface area contributed by atoms with E-state index in [1.54, 1.807) is 9.58 Å². The van der Waals surface area contributed by atoms with Crippen LogP contribution in [0.4, 0.5) is 5.69 Å². The highest BCUT2D eigenvalue weighted by atomic mass is 32.1. The average Bonchev–Trinajstić information content (AvgIpc) is 3.07. The minimum atomic E-state index is -0.0320. The molecule has 0 radical (unpaired) electrons. The molecule has 0 aliphatic carbocycles. The number of rotatable bonds is 2. The smallest absolute Gasteiger partial charge is 0.266 e. The van der Waals surface area contributed by atoms with Crippen LogP contribution in [0.5, 0.6) is 0 Å². The van der Waals surface area contributed by atoms with Gasteiger partial charge in [0, 0.05) is 20.7 Å². The molecule has 0 bridgehead atoms. The Balaban J connectivity index is 1.98. The van der Waals surface area contributed by atoms with E-state index in [1.165, 1.54) is 11.3 Å². The van der Waals surface area contributed by atoms with Gasteiger partial charge in [-0.25, -0.2) is 0 Å². The summed E-state index contributed by atoms with van der Waals surface area (Å²) in [6.45, 7) is 4.62. The predicted molar refractivity (Wildman–Crippen MR) is 83.7 cm³/mol. The lowest BCUT2D eigenvalue weighted by Gasteiger charge is -2.26. The lowest BCUT2D eigenvalue weighted by molar-refractivity contribution is 0.0579. The molecule has 3 rings (SSSR count). The first-order chi connectivity index (χ1) is 9.91. The maximum Gasteiger partial charge on any atom is 0.266 e. The third-order valence-corrected chi connectivity index (χ3v) is 5.49. The number of nitrogens with zero attached hydrogens (tertiary/aromatic N) is 3. The molecule has 2 unspecified atom stereocenters. The van der Waals surface area contributed by atoms with E-state index in [9.17, 15) is 4.79 Å². The van der Waals surface area contributed by atoms with Crippen molar-refractivity contribution in [1.29, 1.82) is 0 Å². The summed E-state index contributed by atoms with van der Waals surface area (Å²) in [6, 6.07) is 0.112. The van der Waals surface area contributed by atoms with Gasteiger partial charge >= 0.3 is 0 Å². The first-order valence-electron chi connectivity index (χ1n) is 7.02. The Labute approximate surface area is 127 Å². The molecule has 1 fully saturated rings. The number of ether oxygens (including phenoxy) is 1. The monoisotopic (exact) mass is 308 g/mol. The van der Waals surface area contributed by atoms with Crippen LogP contribution in [0.1, 0.15) is 28.7 Å². The van der Waals surface area contributed by atoms with E-state index in [0.29, 0.717) is 17.2 Å². The van der Waals surface area contributed by atoms with Crippen LogP contribution >= 0.6 is 11.3 Å². The molecular weight excluding hydrogens is 288 g/mol. The Morgan fingerprint density at radius 1 is 1.57 bits per heavy atom. The first-order valence-corrected chi connectivity index (χ1v) is 7.83. The summed E-state index contributed by atoms with van der Waals surface area (Å²) in [5.74, 6) is -0.0320. The van der Waals surface area contributed by atoms with Crippen molar-refractivity contribution >= 4 is 33.1 Å². The fourth-order valence-electron chi connectivity index (χ4n) is 3.03. The predicted octanol–water partition coefficient (Wildman–Crippen LogP) is 1.77. The number of hydrogen-bond donors (Lipinski definition) is 1. The van der Waals surface area contributed by atoms with Crippen LogP contribution in [0.15, 0.2) is 0 Å². The number of carbonyl (C=O) groups is 1. The molecule has 3 heterocycles. The second kappa shape index (κ2) is 4.99. The summed E-state index contributed by atoms with van der Waals surface area (Å²) in [6.07, 6.45) is 0.937. The Bertz CT molecular complexity index is 705. The molecular formula is C14H20N4O2S. The average molecular weight is 308 g/mol. The van der Waals surface area contributed by atoms with Gasteiger partial charge in [-0.1, -0.05) is 0 Å². The second-order valence-electron chi connectivity index (χ2n) is 5.58. The molecule has 1 aliphatic rings. The van der Waals surface area contributed by atoms with Crippen LogP contribution in [0.2, 0.25) is 0 Å². The highest BCUT2D eigenvalue weighted by Crippen LogP contribution is 2.36. The number of amides is 1. The third kappa shape index (κ3) is 2.11. The van der Waals surface area contributed by atoms with E-state index in [0.717, 1.165) is 22.3 Å². The zero-order valence-corrected chi connectivity index (χ0v) is 13.5. The SMILES string of the molecule is Cc1nn(C)c2sc(C(=O)N(C)C3CCOC3C)c(N)c12. The van der Waals surface area contributed by atoms with Gasteiger partial charge in [0.2, 0.25) is 0 Å². The van der Waals surface area contributed by atoms with E-state index >= 15 is 0 Å². The van der Waals surface area contributed by atoms with E-state index in [4.69, 9.17) is 10.5 Å². The van der Waals surface area contributed by atoms with Gasteiger partial charge in [0.05, 0.1) is 28.9 Å². The summed E-state index contributed by atoms with van der Waals surface area (Å²) < 4.78 is 7.33. The van der Waals surface area contributed by atoms with Gasteiger partial charge in [0.15, 0.2) is 0 Å². The van der Waals surface area contributed by atoms with E-state index < -0.39 is 0 Å². The minimum absolute atomic E-state index is 0.0320. The van der Waals surface area contributed by atoms with Crippen molar-refractivity contribution in [1.82, 2.24) is 14.7 Å². The van der Waals surface area contributed by atoms with Crippen LogP contribution in [0.25, 0.3) is 10.2 Å². The van der Waals surface area contributed by atoms with Gasteiger partial charge in [0.25, 0.3) is 5.91 Å². The van der Waals surface area contributed by atoms with E-state index in [2.05, 4.69) is 5.10 Å². The van der Waals surface area contributed by atoms with Crippen molar-refractivity contribution in [3.8, 4) is 0 Å². The van der Waals surface area contributed by atoms with Gasteiger partial charge in [-0.15, -0.1) is 11.3 Å². The molecule has 0 saturated carbocycles. The third-order valence-electron chi connectivity index (χ3n) is 4.23. The molecule has 2 N–H and O–H groups in total. The van der Waals surface area contributed by atoms with Crippen molar-refractivity contribution in [3.63, 3.8) is 0 Å². The molecule has 1 aliphatic heterocycles. The molecule has 114 valence electrons. The Morgan fingerprint density at radius 3 is 2.86 bits per heavy atom. The number of fused-ring (bicyclic) bond motifs is 1. The normalized spacial score (nSPS) is 22.1. The van der Waals surface area contributed by atoms with Crippen molar-refractivity contribution in [2.24, 2.45) is 7.05 Å². The number of likely N-dealkylation sites (N-methyl/N-ethyl adjacent to an activating group) is 1. The number of hydrogen-bond acceptors (Lipinski definition) is 5. The highest BCUT2D eigenvalue weighted by molar-refractivity contribution is 7.21. The van der Waals surface area contributed by atoms with Crippen LogP contribution < -0.4 is 5.73 Å². The van der Waals surface area contributed by atoms with Crippen LogP contribution in [0.3, 0.4) is 0 Å². The van der Waals surface area contributed by atoms with E-state index in [1.807, 2.05) is 27.9 Å². The summed E-state index contributed by atoms with van der Waals surface area (Å²) in [7, 11) is 3.70. The van der Waals surface area contributed by atoms with Crippen LogP contribution in [0, 0.1) is 6.92 Å². The summed E-state index contributed by atoms with van der Waals surface area (Å²) in [5, 5.41) is 5.25. The Morgan fingerprint density at radius 2 is 2.29 bits per heavy atom. The quantitative estimate of drug-likeness (QED) is 0.917. The highest BCUT2D eigenvalue weighted by Gasteiger charge is 2.33. The molecule has 2 aromatic rings. The zero-order chi connectivity index (χ0) is 15.3. The number of aromatic nitrogens is 2. The Kier molecular flexibility index (Phi) is 3.41. The lowest BCUT2D eigenvalue weighted by Crippen LogP contribution is -2.40. The fourth-order valence-corrected chi connectivity index (χ4v) is 4.20. The van der Waals surface area contributed by atoms with Gasteiger partial charge in [-0.3, -0.25) is 9.48 Å². The number of thiophene rings is 1. The molecule has 21 heavy (non-hydrogen) atoms. The van der Waals surface area contributed by atoms with Crippen molar-refractivity contribution in [2.75, 3.05) is 19.4 Å². The fraction of sp³-hybridized carbons (Fsp3) is 0.571. The molecule has 6 nitrogen and oxygen atoms in total. The largest absolute Gasteiger partial charge is 0.397 e. The number of carbonyl (C=O) groups excluding carboxylic acids is 1.